The van der Waals surface area contributed by atoms with E-state index >= 15 is 0 Å². The van der Waals surface area contributed by atoms with Gasteiger partial charge in [0, 0.05) is 43.1 Å². The first kappa shape index (κ1) is 17.9. The highest BCUT2D eigenvalue weighted by molar-refractivity contribution is 5.95. The summed E-state index contributed by atoms with van der Waals surface area (Å²) in [6, 6.07) is 12.0. The van der Waals surface area contributed by atoms with Crippen molar-refractivity contribution in [3.63, 3.8) is 0 Å². The zero-order valence-electron chi connectivity index (χ0n) is 15.8. The Morgan fingerprint density at radius 3 is 2.59 bits per heavy atom. The van der Waals surface area contributed by atoms with E-state index < -0.39 is 0 Å². The molecule has 0 bridgehead atoms. The first-order chi connectivity index (χ1) is 13.2. The van der Waals surface area contributed by atoms with Crippen LogP contribution in [-0.2, 0) is 22.4 Å². The fourth-order valence-electron chi connectivity index (χ4n) is 3.80. The average Bonchev–Trinajstić information content (AvgIpc) is 3.09. The Morgan fingerprint density at radius 2 is 1.85 bits per heavy atom. The normalized spacial score (nSPS) is 20.3. The van der Waals surface area contributed by atoms with Crippen molar-refractivity contribution in [2.45, 2.75) is 26.2 Å². The number of amides is 1. The SMILES string of the molecule is CCc1cc(C[C@H]2CC(=O)N(c3ccccc3)C2)nc(N2CCOCC2)n1. The average molecular weight is 366 g/mol. The molecule has 1 atom stereocenters. The fraction of sp³-hybridized carbons (Fsp3) is 0.476. The van der Waals surface area contributed by atoms with Crippen LogP contribution in [0.4, 0.5) is 11.6 Å². The fourth-order valence-corrected chi connectivity index (χ4v) is 3.80. The van der Waals surface area contributed by atoms with Crippen LogP contribution >= 0.6 is 0 Å². The lowest BCUT2D eigenvalue weighted by Gasteiger charge is -2.27. The van der Waals surface area contributed by atoms with Gasteiger partial charge in [-0.3, -0.25) is 4.79 Å². The first-order valence-electron chi connectivity index (χ1n) is 9.78. The van der Waals surface area contributed by atoms with Gasteiger partial charge in [-0.2, -0.15) is 0 Å². The Kier molecular flexibility index (Phi) is 5.34. The predicted molar refractivity (Wildman–Crippen MR) is 105 cm³/mol. The molecule has 1 aromatic carbocycles. The molecule has 2 fully saturated rings. The van der Waals surface area contributed by atoms with E-state index in [0.717, 1.165) is 68.7 Å². The molecular formula is C21H26N4O2. The smallest absolute Gasteiger partial charge is 0.227 e. The molecule has 142 valence electrons. The van der Waals surface area contributed by atoms with Crippen molar-refractivity contribution in [3.05, 3.63) is 47.8 Å². The second-order valence-electron chi connectivity index (χ2n) is 7.22. The van der Waals surface area contributed by atoms with Crippen LogP contribution in [0.1, 0.15) is 24.7 Å². The summed E-state index contributed by atoms with van der Waals surface area (Å²) in [5.74, 6) is 1.29. The van der Waals surface area contributed by atoms with Crippen molar-refractivity contribution in [1.29, 1.82) is 0 Å². The minimum atomic E-state index is 0.198. The molecule has 0 radical (unpaired) electrons. The van der Waals surface area contributed by atoms with Crippen LogP contribution in [0.2, 0.25) is 0 Å². The Labute approximate surface area is 160 Å². The van der Waals surface area contributed by atoms with E-state index in [0.29, 0.717) is 6.42 Å². The molecule has 1 amide bonds. The van der Waals surface area contributed by atoms with E-state index in [4.69, 9.17) is 14.7 Å². The summed E-state index contributed by atoms with van der Waals surface area (Å²) in [5.41, 5.74) is 3.08. The van der Waals surface area contributed by atoms with Crippen molar-refractivity contribution in [2.24, 2.45) is 5.92 Å². The third kappa shape index (κ3) is 4.11. The van der Waals surface area contributed by atoms with Crippen LogP contribution in [0.25, 0.3) is 0 Å². The van der Waals surface area contributed by atoms with Gasteiger partial charge in [-0.05, 0) is 37.0 Å². The van der Waals surface area contributed by atoms with Gasteiger partial charge in [-0.1, -0.05) is 25.1 Å². The molecule has 27 heavy (non-hydrogen) atoms. The van der Waals surface area contributed by atoms with Crippen molar-refractivity contribution >= 4 is 17.5 Å². The van der Waals surface area contributed by atoms with E-state index in [9.17, 15) is 4.79 Å². The maximum Gasteiger partial charge on any atom is 0.227 e. The number of aromatic nitrogens is 2. The maximum absolute atomic E-state index is 12.5. The Balaban J connectivity index is 1.49. The van der Waals surface area contributed by atoms with Crippen molar-refractivity contribution < 1.29 is 9.53 Å². The van der Waals surface area contributed by atoms with Crippen LogP contribution in [0.15, 0.2) is 36.4 Å². The molecule has 2 aliphatic rings. The number of para-hydroxylation sites is 1. The van der Waals surface area contributed by atoms with Crippen LogP contribution < -0.4 is 9.80 Å². The third-order valence-electron chi connectivity index (χ3n) is 5.25. The van der Waals surface area contributed by atoms with Gasteiger partial charge in [0.15, 0.2) is 0 Å². The number of ether oxygens (including phenoxy) is 1. The number of anilines is 2. The molecule has 0 saturated carbocycles. The summed E-state index contributed by atoms with van der Waals surface area (Å²) >= 11 is 0. The molecule has 0 unspecified atom stereocenters. The van der Waals surface area contributed by atoms with E-state index in [1.54, 1.807) is 0 Å². The van der Waals surface area contributed by atoms with Crippen molar-refractivity contribution in [2.75, 3.05) is 42.6 Å². The highest BCUT2D eigenvalue weighted by atomic mass is 16.5. The van der Waals surface area contributed by atoms with Gasteiger partial charge in [-0.15, -0.1) is 0 Å². The molecule has 6 heteroatoms. The van der Waals surface area contributed by atoms with Gasteiger partial charge in [0.25, 0.3) is 0 Å². The minimum absolute atomic E-state index is 0.198. The molecule has 4 rings (SSSR count). The Morgan fingerprint density at radius 1 is 1.11 bits per heavy atom. The monoisotopic (exact) mass is 366 g/mol. The largest absolute Gasteiger partial charge is 0.378 e. The molecule has 2 saturated heterocycles. The summed E-state index contributed by atoms with van der Waals surface area (Å²) in [7, 11) is 0. The second kappa shape index (κ2) is 8.05. The number of carbonyl (C=O) groups is 1. The maximum atomic E-state index is 12.5. The summed E-state index contributed by atoms with van der Waals surface area (Å²) in [6.07, 6.45) is 2.27. The van der Waals surface area contributed by atoms with Gasteiger partial charge in [0.1, 0.15) is 0 Å². The number of hydrogen-bond acceptors (Lipinski definition) is 5. The number of morpholine rings is 1. The topological polar surface area (TPSA) is 58.6 Å². The number of benzene rings is 1. The van der Waals surface area contributed by atoms with E-state index in [1.807, 2.05) is 35.2 Å². The number of carbonyl (C=O) groups excluding carboxylic acids is 1. The lowest BCUT2D eigenvalue weighted by atomic mass is 10.0. The van der Waals surface area contributed by atoms with Gasteiger partial charge in [0.05, 0.1) is 13.2 Å². The molecule has 2 aliphatic heterocycles. The number of hydrogen-bond donors (Lipinski definition) is 0. The van der Waals surface area contributed by atoms with E-state index in [2.05, 4.69) is 17.9 Å². The third-order valence-corrected chi connectivity index (χ3v) is 5.25. The Bertz CT molecular complexity index is 790. The molecule has 0 N–H and O–H groups in total. The molecule has 0 aliphatic carbocycles. The zero-order chi connectivity index (χ0) is 18.6. The standard InChI is InChI=1S/C21H26N4O2/c1-2-17-14-18(23-21(22-17)24-8-10-27-11-9-24)12-16-13-20(26)25(15-16)19-6-4-3-5-7-19/h3-7,14,16H,2,8-13,15H2,1H3/t16-/m0/s1. The molecule has 1 aromatic heterocycles. The molecule has 2 aromatic rings. The van der Waals surface area contributed by atoms with Crippen LogP contribution in [0.3, 0.4) is 0 Å². The molecule has 0 spiro atoms. The summed E-state index contributed by atoms with van der Waals surface area (Å²) in [4.78, 5) is 26.1. The highest BCUT2D eigenvalue weighted by Gasteiger charge is 2.31. The van der Waals surface area contributed by atoms with Crippen molar-refractivity contribution in [3.8, 4) is 0 Å². The quantitative estimate of drug-likeness (QED) is 0.814. The zero-order valence-corrected chi connectivity index (χ0v) is 15.8. The number of nitrogens with zero attached hydrogens (tertiary/aromatic N) is 4. The van der Waals surface area contributed by atoms with E-state index in [-0.39, 0.29) is 11.8 Å². The molecule has 3 heterocycles. The summed E-state index contributed by atoms with van der Waals surface area (Å²) in [5, 5.41) is 0. The van der Waals surface area contributed by atoms with Gasteiger partial charge < -0.3 is 14.5 Å². The van der Waals surface area contributed by atoms with Crippen LogP contribution in [-0.4, -0.2) is 48.7 Å². The molecule has 6 nitrogen and oxygen atoms in total. The van der Waals surface area contributed by atoms with Gasteiger partial charge >= 0.3 is 0 Å². The predicted octanol–water partition coefficient (Wildman–Crippen LogP) is 2.47. The summed E-state index contributed by atoms with van der Waals surface area (Å²) < 4.78 is 5.44. The lowest BCUT2D eigenvalue weighted by molar-refractivity contribution is -0.117. The van der Waals surface area contributed by atoms with Crippen LogP contribution in [0, 0.1) is 5.92 Å². The number of rotatable bonds is 5. The van der Waals surface area contributed by atoms with E-state index in [1.165, 1.54) is 0 Å². The number of aryl methyl sites for hydroxylation is 1. The van der Waals surface area contributed by atoms with Gasteiger partial charge in [0.2, 0.25) is 11.9 Å². The lowest BCUT2D eigenvalue weighted by Crippen LogP contribution is -2.37. The molecular weight excluding hydrogens is 340 g/mol. The second-order valence-corrected chi connectivity index (χ2v) is 7.22. The van der Waals surface area contributed by atoms with Crippen LogP contribution in [0.5, 0.6) is 0 Å². The highest BCUT2D eigenvalue weighted by Crippen LogP contribution is 2.27. The van der Waals surface area contributed by atoms with Crippen molar-refractivity contribution in [1.82, 2.24) is 9.97 Å². The summed E-state index contributed by atoms with van der Waals surface area (Å²) in [6.45, 7) is 5.97. The minimum Gasteiger partial charge on any atom is -0.378 e. The van der Waals surface area contributed by atoms with Gasteiger partial charge in [-0.25, -0.2) is 9.97 Å². The Hall–Kier alpha value is -2.47. The first-order valence-corrected chi connectivity index (χ1v) is 9.78.